The molecule has 1 aromatic carbocycles. The van der Waals surface area contributed by atoms with Crippen molar-refractivity contribution >= 4 is 10.9 Å². The van der Waals surface area contributed by atoms with E-state index in [-0.39, 0.29) is 0 Å². The van der Waals surface area contributed by atoms with E-state index in [1.165, 1.54) is 22.2 Å². The van der Waals surface area contributed by atoms with E-state index in [1.54, 1.807) is 0 Å². The van der Waals surface area contributed by atoms with E-state index in [4.69, 9.17) is 0 Å². The number of aromatic nitrogens is 1. The van der Waals surface area contributed by atoms with Crippen molar-refractivity contribution in [3.8, 4) is 0 Å². The van der Waals surface area contributed by atoms with Crippen LogP contribution in [0.25, 0.3) is 10.9 Å². The molecular weight excluding hydrogens is 194 g/mol. The maximum atomic E-state index is 3.38. The summed E-state index contributed by atoms with van der Waals surface area (Å²) < 4.78 is 0. The first-order chi connectivity index (χ1) is 7.83. The first-order valence-electron chi connectivity index (χ1n) is 6.39. The average molecular weight is 219 g/mol. The van der Waals surface area contributed by atoms with Gasteiger partial charge in [0.2, 0.25) is 0 Å². The molecule has 0 amide bonds. The second-order valence-electron chi connectivity index (χ2n) is 3.13. The zero-order valence-corrected chi connectivity index (χ0v) is 11.5. The van der Waals surface area contributed by atoms with Crippen molar-refractivity contribution in [1.82, 2.24) is 4.98 Å². The van der Waals surface area contributed by atoms with Gasteiger partial charge in [-0.05, 0) is 25.0 Å². The van der Waals surface area contributed by atoms with Crippen molar-refractivity contribution in [1.29, 1.82) is 0 Å². The van der Waals surface area contributed by atoms with Crippen LogP contribution in [0, 0.1) is 6.92 Å². The van der Waals surface area contributed by atoms with Crippen molar-refractivity contribution in [3.63, 3.8) is 0 Å². The molecule has 1 heteroatoms. The van der Waals surface area contributed by atoms with E-state index in [9.17, 15) is 0 Å². The Kier molecular flexibility index (Phi) is 7.36. The summed E-state index contributed by atoms with van der Waals surface area (Å²) in [5, 5.41) is 1.37. The zero-order chi connectivity index (χ0) is 12.6. The molecular formula is C15H25N. The summed E-state index contributed by atoms with van der Waals surface area (Å²) >= 11 is 0. The molecule has 1 heterocycles. The Hall–Kier alpha value is -1.24. The predicted octanol–water partition coefficient (Wildman–Crippen LogP) is 5.09. The molecule has 2 rings (SSSR count). The minimum absolute atomic E-state index is 1.11. The summed E-state index contributed by atoms with van der Waals surface area (Å²) in [7, 11) is 0. The summed E-state index contributed by atoms with van der Waals surface area (Å²) in [5.74, 6) is 0. The topological polar surface area (TPSA) is 15.8 Å². The lowest BCUT2D eigenvalue weighted by Crippen LogP contribution is -1.79. The van der Waals surface area contributed by atoms with Gasteiger partial charge in [-0.3, -0.25) is 0 Å². The van der Waals surface area contributed by atoms with Gasteiger partial charge in [-0.1, -0.05) is 52.8 Å². The Balaban J connectivity index is 0.000000509. The van der Waals surface area contributed by atoms with E-state index in [0.717, 1.165) is 6.42 Å². The molecule has 0 aliphatic rings. The fourth-order valence-corrected chi connectivity index (χ4v) is 1.79. The van der Waals surface area contributed by atoms with Gasteiger partial charge in [-0.2, -0.15) is 0 Å². The molecule has 0 atom stereocenters. The smallest absolute Gasteiger partial charge is 0.0458 e. The van der Waals surface area contributed by atoms with Crippen LogP contribution >= 0.6 is 0 Å². The molecule has 0 unspecified atom stereocenters. The molecule has 0 radical (unpaired) electrons. The Bertz CT molecular complexity index is 399. The van der Waals surface area contributed by atoms with Gasteiger partial charge in [0.1, 0.15) is 0 Å². The highest BCUT2D eigenvalue weighted by Gasteiger charge is 2.03. The highest BCUT2D eigenvalue weighted by Crippen LogP contribution is 2.21. The monoisotopic (exact) mass is 219 g/mol. The Morgan fingerprint density at radius 1 is 1.00 bits per heavy atom. The van der Waals surface area contributed by atoms with Crippen LogP contribution in [0.15, 0.2) is 24.3 Å². The van der Waals surface area contributed by atoms with Crippen LogP contribution in [0.2, 0.25) is 0 Å². The molecule has 1 N–H and O–H groups in total. The number of benzene rings is 1. The summed E-state index contributed by atoms with van der Waals surface area (Å²) in [6, 6.07) is 8.46. The third-order valence-corrected chi connectivity index (χ3v) is 2.38. The molecule has 0 spiro atoms. The Morgan fingerprint density at radius 2 is 1.56 bits per heavy atom. The molecule has 1 aromatic heterocycles. The lowest BCUT2D eigenvalue weighted by atomic mass is 10.1. The molecule has 0 fully saturated rings. The number of nitrogens with one attached hydrogen (secondary N) is 1. The number of rotatable bonds is 1. The molecule has 2 aromatic rings. The quantitative estimate of drug-likeness (QED) is 0.687. The second-order valence-corrected chi connectivity index (χ2v) is 3.13. The van der Waals surface area contributed by atoms with Gasteiger partial charge < -0.3 is 4.98 Å². The van der Waals surface area contributed by atoms with Gasteiger partial charge in [0.25, 0.3) is 0 Å². The van der Waals surface area contributed by atoms with Gasteiger partial charge >= 0.3 is 0 Å². The minimum atomic E-state index is 1.11. The van der Waals surface area contributed by atoms with E-state index < -0.39 is 0 Å². The van der Waals surface area contributed by atoms with Crippen LogP contribution in [0.1, 0.15) is 45.9 Å². The Morgan fingerprint density at radius 3 is 2.12 bits per heavy atom. The zero-order valence-electron chi connectivity index (χ0n) is 11.5. The van der Waals surface area contributed by atoms with Crippen LogP contribution in [-0.4, -0.2) is 4.98 Å². The normalized spacial score (nSPS) is 8.88. The number of fused-ring (bicyclic) bond motifs is 1. The van der Waals surface area contributed by atoms with Crippen LogP contribution in [0.4, 0.5) is 0 Å². The standard InChI is InChI=1S/C11H13N.2C2H6/c1-3-9-8(2)12-11-7-5-4-6-10(9)11;2*1-2/h4-7,12H,3H2,1-2H3;2*1-2H3. The molecule has 0 bridgehead atoms. The molecule has 16 heavy (non-hydrogen) atoms. The van der Waals surface area contributed by atoms with Gasteiger partial charge in [0.15, 0.2) is 0 Å². The molecule has 1 nitrogen and oxygen atoms in total. The van der Waals surface area contributed by atoms with E-state index >= 15 is 0 Å². The van der Waals surface area contributed by atoms with Crippen LogP contribution in [-0.2, 0) is 6.42 Å². The average Bonchev–Trinajstić information content (AvgIpc) is 2.69. The van der Waals surface area contributed by atoms with Gasteiger partial charge in [-0.15, -0.1) is 0 Å². The predicted molar refractivity (Wildman–Crippen MR) is 75.1 cm³/mol. The fraction of sp³-hybridized carbons (Fsp3) is 0.467. The lowest BCUT2D eigenvalue weighted by Gasteiger charge is -1.93. The van der Waals surface area contributed by atoms with Crippen molar-refractivity contribution in [3.05, 3.63) is 35.5 Å². The summed E-state index contributed by atoms with van der Waals surface area (Å²) in [6.07, 6.45) is 1.11. The summed E-state index contributed by atoms with van der Waals surface area (Å²) in [6.45, 7) is 12.3. The van der Waals surface area contributed by atoms with E-state index in [2.05, 4.69) is 43.1 Å². The minimum Gasteiger partial charge on any atom is -0.358 e. The lowest BCUT2D eigenvalue weighted by molar-refractivity contribution is 1.11. The maximum Gasteiger partial charge on any atom is 0.0458 e. The van der Waals surface area contributed by atoms with Crippen LogP contribution in [0.5, 0.6) is 0 Å². The van der Waals surface area contributed by atoms with Crippen molar-refractivity contribution < 1.29 is 0 Å². The van der Waals surface area contributed by atoms with Crippen molar-refractivity contribution in [2.24, 2.45) is 0 Å². The highest BCUT2D eigenvalue weighted by atomic mass is 14.7. The summed E-state index contributed by atoms with van der Waals surface area (Å²) in [4.78, 5) is 3.38. The molecule has 0 aliphatic carbocycles. The molecule has 0 saturated heterocycles. The number of aromatic amines is 1. The number of aryl methyl sites for hydroxylation is 2. The van der Waals surface area contributed by atoms with Gasteiger partial charge in [0.05, 0.1) is 0 Å². The van der Waals surface area contributed by atoms with Gasteiger partial charge in [0, 0.05) is 16.6 Å². The first-order valence-corrected chi connectivity index (χ1v) is 6.39. The van der Waals surface area contributed by atoms with Crippen molar-refractivity contribution in [2.75, 3.05) is 0 Å². The number of para-hydroxylation sites is 1. The molecule has 90 valence electrons. The van der Waals surface area contributed by atoms with Crippen LogP contribution < -0.4 is 0 Å². The Labute approximate surface area is 99.9 Å². The SMILES string of the molecule is CC.CC.CCc1c(C)[nH]c2ccccc12. The highest BCUT2D eigenvalue weighted by molar-refractivity contribution is 5.84. The van der Waals surface area contributed by atoms with Gasteiger partial charge in [-0.25, -0.2) is 0 Å². The molecule has 0 saturated carbocycles. The van der Waals surface area contributed by atoms with Crippen molar-refractivity contribution in [2.45, 2.75) is 48.0 Å². The number of hydrogen-bond acceptors (Lipinski definition) is 0. The third kappa shape index (κ3) is 3.13. The van der Waals surface area contributed by atoms with E-state index in [1.807, 2.05) is 27.7 Å². The first kappa shape index (κ1) is 14.8. The third-order valence-electron chi connectivity index (χ3n) is 2.38. The summed E-state index contributed by atoms with van der Waals surface area (Å²) in [5.41, 5.74) is 4.01. The fourth-order valence-electron chi connectivity index (χ4n) is 1.79. The number of H-pyrrole nitrogens is 1. The second kappa shape index (κ2) is 7.98. The maximum absolute atomic E-state index is 3.38. The largest absolute Gasteiger partial charge is 0.358 e. The number of hydrogen-bond donors (Lipinski definition) is 1. The van der Waals surface area contributed by atoms with Crippen LogP contribution in [0.3, 0.4) is 0 Å². The molecule has 0 aliphatic heterocycles. The van der Waals surface area contributed by atoms with E-state index in [0.29, 0.717) is 0 Å².